The van der Waals surface area contributed by atoms with E-state index in [1.54, 1.807) is 30.3 Å². The fraction of sp³-hybridized carbons (Fsp3) is 0. The van der Waals surface area contributed by atoms with Crippen molar-refractivity contribution in [3.63, 3.8) is 0 Å². The van der Waals surface area contributed by atoms with Crippen LogP contribution in [0, 0.1) is 10.1 Å². The largest absolute Gasteiger partial charge is 0.507 e. The van der Waals surface area contributed by atoms with Crippen molar-refractivity contribution in [1.82, 2.24) is 0 Å². The zero-order valence-corrected chi connectivity index (χ0v) is 9.39. The monoisotopic (exact) mass is 249 g/mol. The summed E-state index contributed by atoms with van der Waals surface area (Å²) >= 11 is 5.80. The van der Waals surface area contributed by atoms with Crippen LogP contribution in [0.3, 0.4) is 0 Å². The van der Waals surface area contributed by atoms with Gasteiger partial charge in [0.2, 0.25) is 0 Å². The summed E-state index contributed by atoms with van der Waals surface area (Å²) in [7, 11) is 0. The number of para-hydroxylation sites is 2. The van der Waals surface area contributed by atoms with E-state index in [4.69, 9.17) is 11.6 Å². The first-order valence-electron chi connectivity index (χ1n) is 4.82. The van der Waals surface area contributed by atoms with E-state index in [1.807, 2.05) is 0 Å². The summed E-state index contributed by atoms with van der Waals surface area (Å²) in [6.07, 6.45) is 0. The SMILES string of the molecule is O=[N+]([O-])c1c(Cl)cccc1-c1ccccc1O. The van der Waals surface area contributed by atoms with E-state index in [-0.39, 0.29) is 16.5 Å². The molecule has 0 aliphatic carbocycles. The van der Waals surface area contributed by atoms with Crippen LogP contribution in [0.5, 0.6) is 5.75 Å². The van der Waals surface area contributed by atoms with Crippen molar-refractivity contribution in [1.29, 1.82) is 0 Å². The van der Waals surface area contributed by atoms with Crippen LogP contribution < -0.4 is 0 Å². The van der Waals surface area contributed by atoms with Gasteiger partial charge in [-0.1, -0.05) is 35.9 Å². The van der Waals surface area contributed by atoms with Gasteiger partial charge in [0.05, 0.1) is 10.5 Å². The van der Waals surface area contributed by atoms with Crippen molar-refractivity contribution in [3.05, 3.63) is 57.6 Å². The third-order valence-electron chi connectivity index (χ3n) is 2.36. The van der Waals surface area contributed by atoms with Crippen molar-refractivity contribution in [3.8, 4) is 16.9 Å². The fourth-order valence-electron chi connectivity index (χ4n) is 1.62. The molecule has 0 aliphatic heterocycles. The van der Waals surface area contributed by atoms with Gasteiger partial charge in [0.15, 0.2) is 0 Å². The number of hydrogen-bond donors (Lipinski definition) is 1. The molecule has 0 amide bonds. The second-order valence-electron chi connectivity index (χ2n) is 3.41. The molecule has 5 heteroatoms. The summed E-state index contributed by atoms with van der Waals surface area (Å²) in [6.45, 7) is 0. The van der Waals surface area contributed by atoms with Crippen molar-refractivity contribution < 1.29 is 10.0 Å². The van der Waals surface area contributed by atoms with Gasteiger partial charge in [0.25, 0.3) is 5.69 Å². The molecular formula is C12H8ClNO3. The average Bonchev–Trinajstić information content (AvgIpc) is 2.28. The summed E-state index contributed by atoms with van der Waals surface area (Å²) in [5, 5.41) is 20.7. The van der Waals surface area contributed by atoms with Gasteiger partial charge in [0, 0.05) is 5.56 Å². The zero-order valence-electron chi connectivity index (χ0n) is 8.63. The lowest BCUT2D eigenvalue weighted by molar-refractivity contribution is -0.384. The summed E-state index contributed by atoms with van der Waals surface area (Å²) in [5.74, 6) is -0.0159. The molecule has 0 saturated carbocycles. The number of hydrogen-bond acceptors (Lipinski definition) is 3. The number of nitro groups is 1. The highest BCUT2D eigenvalue weighted by Gasteiger charge is 2.20. The Balaban J connectivity index is 2.72. The van der Waals surface area contributed by atoms with E-state index in [0.29, 0.717) is 11.1 Å². The van der Waals surface area contributed by atoms with Gasteiger partial charge in [-0.05, 0) is 18.2 Å². The molecule has 0 aromatic heterocycles. The van der Waals surface area contributed by atoms with Crippen LogP contribution in [0.4, 0.5) is 5.69 Å². The second kappa shape index (κ2) is 4.43. The van der Waals surface area contributed by atoms with Gasteiger partial charge in [0.1, 0.15) is 10.8 Å². The Hall–Kier alpha value is -2.07. The first kappa shape index (κ1) is 11.4. The van der Waals surface area contributed by atoms with Gasteiger partial charge < -0.3 is 5.11 Å². The van der Waals surface area contributed by atoms with Gasteiger partial charge in [-0.3, -0.25) is 10.1 Å². The lowest BCUT2D eigenvalue weighted by Crippen LogP contribution is -1.93. The Morgan fingerprint density at radius 3 is 2.35 bits per heavy atom. The zero-order chi connectivity index (χ0) is 12.4. The highest BCUT2D eigenvalue weighted by atomic mass is 35.5. The number of nitrogens with zero attached hydrogens (tertiary/aromatic N) is 1. The van der Waals surface area contributed by atoms with Gasteiger partial charge >= 0.3 is 0 Å². The minimum Gasteiger partial charge on any atom is -0.507 e. The lowest BCUT2D eigenvalue weighted by Gasteiger charge is -2.06. The highest BCUT2D eigenvalue weighted by Crippen LogP contribution is 2.39. The average molecular weight is 250 g/mol. The molecule has 0 spiro atoms. The molecule has 0 saturated heterocycles. The smallest absolute Gasteiger partial charge is 0.295 e. The molecular weight excluding hydrogens is 242 g/mol. The molecule has 1 N–H and O–H groups in total. The Morgan fingerprint density at radius 2 is 1.71 bits per heavy atom. The predicted octanol–water partition coefficient (Wildman–Crippen LogP) is 3.62. The Bertz CT molecular complexity index is 584. The maximum atomic E-state index is 11.0. The molecule has 4 nitrogen and oxygen atoms in total. The molecule has 2 aromatic rings. The van der Waals surface area contributed by atoms with E-state index in [9.17, 15) is 15.2 Å². The van der Waals surface area contributed by atoms with E-state index >= 15 is 0 Å². The maximum Gasteiger partial charge on any atom is 0.295 e. The fourth-order valence-corrected chi connectivity index (χ4v) is 1.86. The molecule has 0 radical (unpaired) electrons. The van der Waals surface area contributed by atoms with E-state index in [2.05, 4.69) is 0 Å². The summed E-state index contributed by atoms with van der Waals surface area (Å²) in [4.78, 5) is 10.4. The van der Waals surface area contributed by atoms with Crippen LogP contribution in [0.15, 0.2) is 42.5 Å². The molecule has 0 fully saturated rings. The predicted molar refractivity (Wildman–Crippen MR) is 65.2 cm³/mol. The third kappa shape index (κ3) is 2.07. The van der Waals surface area contributed by atoms with Crippen molar-refractivity contribution in [2.24, 2.45) is 0 Å². The second-order valence-corrected chi connectivity index (χ2v) is 3.82. The number of nitro benzene ring substituents is 1. The summed E-state index contributed by atoms with van der Waals surface area (Å²) in [6, 6.07) is 11.0. The number of phenols is 1. The number of rotatable bonds is 2. The number of phenolic OH excluding ortho intramolecular Hbond substituents is 1. The van der Waals surface area contributed by atoms with Crippen molar-refractivity contribution in [2.45, 2.75) is 0 Å². The standard InChI is InChI=1S/C12H8ClNO3/c13-10-6-3-5-9(12(10)14(16)17)8-4-1-2-7-11(8)15/h1-7,15H. The molecule has 0 bridgehead atoms. The number of halogens is 1. The molecule has 0 aliphatic rings. The van der Waals surface area contributed by atoms with Crippen LogP contribution in [-0.2, 0) is 0 Å². The van der Waals surface area contributed by atoms with E-state index in [1.165, 1.54) is 12.1 Å². The highest BCUT2D eigenvalue weighted by molar-refractivity contribution is 6.33. The minimum absolute atomic E-state index is 0.0159. The van der Waals surface area contributed by atoms with E-state index < -0.39 is 4.92 Å². The van der Waals surface area contributed by atoms with E-state index in [0.717, 1.165) is 0 Å². The van der Waals surface area contributed by atoms with Gasteiger partial charge in [-0.2, -0.15) is 0 Å². The lowest BCUT2D eigenvalue weighted by atomic mass is 10.0. The van der Waals surface area contributed by atoms with Crippen molar-refractivity contribution >= 4 is 17.3 Å². The van der Waals surface area contributed by atoms with Crippen LogP contribution in [-0.4, -0.2) is 10.0 Å². The normalized spacial score (nSPS) is 10.2. The quantitative estimate of drug-likeness (QED) is 0.653. The van der Waals surface area contributed by atoms with Gasteiger partial charge in [-0.15, -0.1) is 0 Å². The van der Waals surface area contributed by atoms with Crippen LogP contribution in [0.25, 0.3) is 11.1 Å². The minimum atomic E-state index is -0.551. The van der Waals surface area contributed by atoms with Crippen LogP contribution in [0.1, 0.15) is 0 Å². The van der Waals surface area contributed by atoms with Crippen LogP contribution in [0.2, 0.25) is 5.02 Å². The Morgan fingerprint density at radius 1 is 1.06 bits per heavy atom. The molecule has 2 rings (SSSR count). The Kier molecular flexibility index (Phi) is 2.97. The molecule has 17 heavy (non-hydrogen) atoms. The molecule has 0 unspecified atom stereocenters. The molecule has 0 atom stereocenters. The summed E-state index contributed by atoms with van der Waals surface area (Å²) < 4.78 is 0. The number of aromatic hydroxyl groups is 1. The third-order valence-corrected chi connectivity index (χ3v) is 2.67. The first-order valence-corrected chi connectivity index (χ1v) is 5.20. The van der Waals surface area contributed by atoms with Crippen molar-refractivity contribution in [2.75, 3.05) is 0 Å². The molecule has 86 valence electrons. The maximum absolute atomic E-state index is 11.0. The molecule has 2 aromatic carbocycles. The Labute approximate surface area is 102 Å². The van der Waals surface area contributed by atoms with Gasteiger partial charge in [-0.25, -0.2) is 0 Å². The number of benzene rings is 2. The molecule has 0 heterocycles. The topological polar surface area (TPSA) is 63.4 Å². The van der Waals surface area contributed by atoms with Crippen LogP contribution >= 0.6 is 11.6 Å². The summed E-state index contributed by atoms with van der Waals surface area (Å²) in [5.41, 5.74) is 0.498. The first-order chi connectivity index (χ1) is 8.11.